The van der Waals surface area contributed by atoms with Gasteiger partial charge in [0.1, 0.15) is 6.61 Å². The number of carbonyl (C=O) groups is 1. The molecule has 9 nitrogen and oxygen atoms in total. The summed E-state index contributed by atoms with van der Waals surface area (Å²) in [5.74, 6) is -1.99. The number of Topliss-reactive ketones (excluding diaryl/α,β-unsaturated/α-hetero) is 1. The molecule has 0 bridgehead atoms. The zero-order valence-electron chi connectivity index (χ0n) is 24.9. The number of allylic oxidation sites excluding steroid dienone is 1. The van der Waals surface area contributed by atoms with Crippen LogP contribution < -0.4 is 4.62 Å². The van der Waals surface area contributed by atoms with Crippen molar-refractivity contribution in [2.24, 2.45) is 28.6 Å². The number of rotatable bonds is 4. The quantitative estimate of drug-likeness (QED) is 0.445. The number of nitrogens with zero attached hydrogens (tertiary/aromatic N) is 3. The second-order valence-electron chi connectivity index (χ2n) is 14.6. The summed E-state index contributed by atoms with van der Waals surface area (Å²) in [6, 6.07) is 0. The van der Waals surface area contributed by atoms with Crippen LogP contribution in [0.3, 0.4) is 0 Å². The van der Waals surface area contributed by atoms with Gasteiger partial charge >= 0.3 is 180 Å². The number of aromatic nitrogens is 3. The van der Waals surface area contributed by atoms with Crippen molar-refractivity contribution < 1.29 is 33.8 Å². The van der Waals surface area contributed by atoms with E-state index >= 15 is 4.39 Å². The van der Waals surface area contributed by atoms with Gasteiger partial charge in [-0.05, 0) is 13.8 Å². The third-order valence-electron chi connectivity index (χ3n) is 11.2. The Labute approximate surface area is 249 Å². The Hall–Kier alpha value is -1.59. The Bertz CT molecular complexity index is 1500. The fourth-order valence-corrected chi connectivity index (χ4v) is 11.9. The van der Waals surface area contributed by atoms with Crippen LogP contribution in [0.4, 0.5) is 4.39 Å². The van der Waals surface area contributed by atoms with Gasteiger partial charge in [0.05, 0.1) is 6.10 Å². The molecule has 1 aliphatic heterocycles. The molecule has 9 atom stereocenters. The van der Waals surface area contributed by atoms with Crippen LogP contribution >= 0.6 is 18.8 Å². The van der Waals surface area contributed by atoms with Crippen LogP contribution in [-0.4, -0.2) is 85.4 Å². The number of halogens is 1. The maximum absolute atomic E-state index is 16.3. The minimum atomic E-state index is -2.51. The first-order valence-corrected chi connectivity index (χ1v) is 18.6. The topological polar surface area (TPSA) is 127 Å². The minimum Gasteiger partial charge on any atom is -0.388 e. The summed E-state index contributed by atoms with van der Waals surface area (Å²) in [6.07, 6.45) is 4.51. The first-order chi connectivity index (χ1) is 19.5. The SMILES string of the molecule is CC1(C)O[C@@H]2C[C@H]3[C@@H]4C[C@H](F)C5=Cc6nn(-c7ncc([PH](C)(C)O)s7)cc6C[C@]5(C)[C@H]4[C@@H](O)C[C@]3(C)[C@]2(C(=O)CO)O1. The number of ether oxygens (including phenoxy) is 2. The summed E-state index contributed by atoms with van der Waals surface area (Å²) >= 11 is 1.42. The number of hydrogen-bond donors (Lipinski definition) is 3. The van der Waals surface area contributed by atoms with E-state index in [1.54, 1.807) is 24.7 Å². The van der Waals surface area contributed by atoms with Gasteiger partial charge in [0.2, 0.25) is 0 Å². The standard InChI is InChI=1S/C30H41FN3O6PS/c1-27(2)39-23-9-17-16-7-19(31)18-8-20-15(13-34(33-20)26-32-12-24(42-26)41(5,6)38)10-28(18,3)25(16)21(36)11-29(17,4)30(23,40-27)22(37)14-35/h8,12-13,16-17,19,21,23,25,35-36,38,41H,7,9-11,14H2,1-6H3/t16-,17-,19-,21-,23+,25+,28-,29-,30+/m0/s1. The van der Waals surface area contributed by atoms with Crippen LogP contribution in [0.15, 0.2) is 18.0 Å². The molecule has 1 saturated heterocycles. The van der Waals surface area contributed by atoms with E-state index in [4.69, 9.17) is 14.6 Å². The van der Waals surface area contributed by atoms with Crippen LogP contribution in [0.2, 0.25) is 0 Å². The second-order valence-corrected chi connectivity index (χ2v) is 19.6. The van der Waals surface area contributed by atoms with Crippen LogP contribution in [0.25, 0.3) is 11.2 Å². The molecule has 2 aromatic heterocycles. The van der Waals surface area contributed by atoms with E-state index in [0.717, 1.165) is 10.2 Å². The van der Waals surface area contributed by atoms with Gasteiger partial charge in [-0.1, -0.05) is 6.92 Å². The fraction of sp³-hybridized carbons (Fsp3) is 0.700. The predicted molar refractivity (Wildman–Crippen MR) is 159 cm³/mol. The van der Waals surface area contributed by atoms with Crippen molar-refractivity contribution in [1.82, 2.24) is 14.8 Å². The van der Waals surface area contributed by atoms with Crippen LogP contribution in [0, 0.1) is 28.6 Å². The number of fused-ring (bicyclic) bond motifs is 8. The number of aliphatic hydroxyl groups excluding tert-OH is 2. The summed E-state index contributed by atoms with van der Waals surface area (Å²) in [6.45, 7) is 10.6. The summed E-state index contributed by atoms with van der Waals surface area (Å²) in [5, 5.41) is 27.4. The van der Waals surface area contributed by atoms with Crippen LogP contribution in [-0.2, 0) is 20.7 Å². The molecule has 3 N–H and O–H groups in total. The number of alkyl halides is 1. The first kappa shape index (κ1) is 29.1. The van der Waals surface area contributed by atoms with Crippen molar-refractivity contribution in [2.45, 2.75) is 83.1 Å². The van der Waals surface area contributed by atoms with Crippen molar-refractivity contribution in [3.63, 3.8) is 0 Å². The Kier molecular flexibility index (Phi) is 6.24. The van der Waals surface area contributed by atoms with Gasteiger partial charge in [0, 0.05) is 0 Å². The van der Waals surface area contributed by atoms with Crippen molar-refractivity contribution in [1.29, 1.82) is 0 Å². The second kappa shape index (κ2) is 8.99. The molecular formula is C30H41FN3O6PS. The average molecular weight is 622 g/mol. The normalized spacial score (nSPS) is 42.2. The van der Waals surface area contributed by atoms with E-state index in [9.17, 15) is 19.9 Å². The number of carbonyl (C=O) groups excluding carboxylic acids is 1. The molecule has 0 unspecified atom stereocenters. The number of ketones is 1. The number of hydrogen-bond acceptors (Lipinski definition) is 9. The van der Waals surface area contributed by atoms with E-state index in [-0.39, 0.29) is 24.2 Å². The third kappa shape index (κ3) is 3.77. The van der Waals surface area contributed by atoms with Gasteiger partial charge in [-0.15, -0.1) is 0 Å². The first-order valence-electron chi connectivity index (χ1n) is 14.9. The van der Waals surface area contributed by atoms with Crippen molar-refractivity contribution >= 4 is 35.3 Å². The Morgan fingerprint density at radius 1 is 1.26 bits per heavy atom. The monoisotopic (exact) mass is 621 g/mol. The van der Waals surface area contributed by atoms with Crippen molar-refractivity contribution in [3.8, 4) is 5.13 Å². The molecule has 3 saturated carbocycles. The summed E-state index contributed by atoms with van der Waals surface area (Å²) in [7, 11) is -2.51. The predicted octanol–water partition coefficient (Wildman–Crippen LogP) is 3.03. The summed E-state index contributed by atoms with van der Waals surface area (Å²) < 4.78 is 31.6. The average Bonchev–Trinajstić information content (AvgIpc) is 3.63. The van der Waals surface area contributed by atoms with Crippen molar-refractivity contribution in [2.75, 3.05) is 19.9 Å². The zero-order chi connectivity index (χ0) is 30.2. The fourth-order valence-electron chi connectivity index (χ4n) is 9.66. The summed E-state index contributed by atoms with van der Waals surface area (Å²) in [4.78, 5) is 28.5. The Balaban J connectivity index is 1.26. The van der Waals surface area contributed by atoms with Gasteiger partial charge in [0.15, 0.2) is 17.2 Å². The van der Waals surface area contributed by atoms with Gasteiger partial charge < -0.3 is 14.6 Å². The molecule has 0 aromatic carbocycles. The molecule has 12 heteroatoms. The molecule has 0 radical (unpaired) electrons. The number of thiazole rings is 1. The van der Waals surface area contributed by atoms with Crippen molar-refractivity contribution in [3.05, 3.63) is 29.2 Å². The van der Waals surface area contributed by atoms with Gasteiger partial charge in [-0.25, -0.2) is 0 Å². The minimum absolute atomic E-state index is 0.122. The molecule has 0 spiro atoms. The summed E-state index contributed by atoms with van der Waals surface area (Å²) in [5.41, 5.74) is -0.506. The number of aliphatic hydroxyl groups is 2. The van der Waals surface area contributed by atoms with Crippen LogP contribution in [0.5, 0.6) is 0 Å². The molecule has 5 aliphatic rings. The molecule has 3 heterocycles. The molecule has 230 valence electrons. The van der Waals surface area contributed by atoms with Crippen LogP contribution in [0.1, 0.15) is 58.2 Å². The maximum atomic E-state index is 16.3. The smallest absolute Gasteiger partial charge is 0.388 e. The Morgan fingerprint density at radius 2 is 2.00 bits per heavy atom. The van der Waals surface area contributed by atoms with E-state index in [2.05, 4.69) is 11.9 Å². The van der Waals surface area contributed by atoms with Gasteiger partial charge in [-0.2, -0.15) is 0 Å². The van der Waals surface area contributed by atoms with Gasteiger partial charge in [0.25, 0.3) is 0 Å². The Morgan fingerprint density at radius 3 is 2.67 bits per heavy atom. The molecule has 4 aliphatic carbocycles. The molecule has 42 heavy (non-hydrogen) atoms. The van der Waals surface area contributed by atoms with E-state index in [1.165, 1.54) is 11.3 Å². The molecule has 7 rings (SSSR count). The third-order valence-corrected chi connectivity index (χ3v) is 15.1. The molecular weight excluding hydrogens is 580 g/mol. The van der Waals surface area contributed by atoms with E-state index in [0.29, 0.717) is 35.7 Å². The van der Waals surface area contributed by atoms with E-state index < -0.39 is 60.5 Å². The molecule has 2 aromatic rings. The van der Waals surface area contributed by atoms with Gasteiger partial charge in [-0.3, -0.25) is 4.79 Å². The zero-order valence-corrected chi connectivity index (χ0v) is 26.7. The molecule has 4 fully saturated rings. The molecule has 0 amide bonds. The van der Waals surface area contributed by atoms with E-state index in [1.807, 2.05) is 32.5 Å².